The highest BCUT2D eigenvalue weighted by Gasteiger charge is 2.34. The summed E-state index contributed by atoms with van der Waals surface area (Å²) in [6.45, 7) is 1.11. The van der Waals surface area contributed by atoms with E-state index in [0.717, 1.165) is 6.54 Å². The second kappa shape index (κ2) is 6.11. The van der Waals surface area contributed by atoms with E-state index in [-0.39, 0.29) is 12.1 Å². The lowest BCUT2D eigenvalue weighted by atomic mass is 10.2. The van der Waals surface area contributed by atoms with Crippen LogP contribution in [0.1, 0.15) is 6.42 Å². The number of anilines is 2. The fraction of sp³-hybridized carbons (Fsp3) is 0.500. The van der Waals surface area contributed by atoms with Crippen molar-refractivity contribution in [1.29, 1.82) is 0 Å². The number of likely N-dealkylation sites (tertiary alicyclic amines) is 1. The number of benzene rings is 1. The molecule has 0 aromatic heterocycles. The van der Waals surface area contributed by atoms with Gasteiger partial charge in [-0.1, -0.05) is 6.07 Å². The molecular weight excluding hydrogens is 256 g/mol. The maximum Gasteiger partial charge on any atom is 0.322 e. The van der Waals surface area contributed by atoms with Crippen LogP contribution in [-0.2, 0) is 0 Å². The third-order valence-electron chi connectivity index (χ3n) is 3.37. The molecule has 0 aliphatic carbocycles. The van der Waals surface area contributed by atoms with Crippen molar-refractivity contribution < 1.29 is 9.90 Å². The van der Waals surface area contributed by atoms with E-state index < -0.39 is 6.10 Å². The molecule has 0 saturated carbocycles. The van der Waals surface area contributed by atoms with Crippen LogP contribution >= 0.6 is 0 Å². The highest BCUT2D eigenvalue weighted by molar-refractivity contribution is 5.90. The molecule has 6 heteroatoms. The second-order valence-electron chi connectivity index (χ2n) is 5.51. The number of nitrogens with one attached hydrogen (secondary N) is 1. The Morgan fingerprint density at radius 2 is 2.30 bits per heavy atom. The fourth-order valence-corrected chi connectivity index (χ4v) is 2.55. The number of hydrogen-bond acceptors (Lipinski definition) is 4. The first-order valence-corrected chi connectivity index (χ1v) is 6.71. The largest absolute Gasteiger partial charge is 0.399 e. The van der Waals surface area contributed by atoms with Crippen molar-refractivity contribution >= 4 is 17.4 Å². The molecule has 6 nitrogen and oxygen atoms in total. The first-order chi connectivity index (χ1) is 9.45. The van der Waals surface area contributed by atoms with E-state index in [4.69, 9.17) is 5.73 Å². The van der Waals surface area contributed by atoms with Crippen molar-refractivity contribution in [2.24, 2.45) is 0 Å². The Hall–Kier alpha value is -1.79. The Morgan fingerprint density at radius 1 is 1.55 bits per heavy atom. The van der Waals surface area contributed by atoms with Gasteiger partial charge in [0.25, 0.3) is 0 Å². The maximum absolute atomic E-state index is 12.3. The van der Waals surface area contributed by atoms with Crippen molar-refractivity contribution in [3.63, 3.8) is 0 Å². The van der Waals surface area contributed by atoms with Crippen LogP contribution in [0.3, 0.4) is 0 Å². The molecule has 0 bridgehead atoms. The summed E-state index contributed by atoms with van der Waals surface area (Å²) in [5, 5.41) is 12.6. The van der Waals surface area contributed by atoms with Gasteiger partial charge in [0, 0.05) is 30.5 Å². The highest BCUT2D eigenvalue weighted by atomic mass is 16.3. The predicted molar refractivity (Wildman–Crippen MR) is 79.5 cm³/mol. The SMILES string of the molecule is CN(C)CC1CC(O)CN1C(=O)Nc1cccc(N)c1. The normalized spacial score (nSPS) is 22.3. The zero-order chi connectivity index (χ0) is 14.7. The smallest absolute Gasteiger partial charge is 0.322 e. The minimum Gasteiger partial charge on any atom is -0.399 e. The van der Waals surface area contributed by atoms with Gasteiger partial charge in [0.2, 0.25) is 0 Å². The van der Waals surface area contributed by atoms with E-state index in [1.54, 1.807) is 29.2 Å². The van der Waals surface area contributed by atoms with Gasteiger partial charge in [-0.25, -0.2) is 4.79 Å². The van der Waals surface area contributed by atoms with Crippen LogP contribution in [0, 0.1) is 0 Å². The van der Waals surface area contributed by atoms with Gasteiger partial charge in [-0.05, 0) is 38.7 Å². The zero-order valence-corrected chi connectivity index (χ0v) is 11.9. The summed E-state index contributed by atoms with van der Waals surface area (Å²) in [4.78, 5) is 16.0. The van der Waals surface area contributed by atoms with Crippen molar-refractivity contribution in [3.05, 3.63) is 24.3 Å². The van der Waals surface area contributed by atoms with Gasteiger partial charge in [-0.2, -0.15) is 0 Å². The summed E-state index contributed by atoms with van der Waals surface area (Å²) in [7, 11) is 3.91. The van der Waals surface area contributed by atoms with E-state index in [9.17, 15) is 9.90 Å². The number of likely N-dealkylation sites (N-methyl/N-ethyl adjacent to an activating group) is 1. The Labute approximate surface area is 119 Å². The van der Waals surface area contributed by atoms with E-state index in [1.165, 1.54) is 0 Å². The Bertz CT molecular complexity index is 478. The van der Waals surface area contributed by atoms with E-state index in [0.29, 0.717) is 24.3 Å². The molecule has 4 N–H and O–H groups in total. The topological polar surface area (TPSA) is 81.8 Å². The third kappa shape index (κ3) is 3.61. The summed E-state index contributed by atoms with van der Waals surface area (Å²) in [5.41, 5.74) is 6.96. The van der Waals surface area contributed by atoms with Gasteiger partial charge in [-0.3, -0.25) is 0 Å². The summed E-state index contributed by atoms with van der Waals surface area (Å²) < 4.78 is 0. The van der Waals surface area contributed by atoms with Gasteiger partial charge in [0.1, 0.15) is 0 Å². The summed E-state index contributed by atoms with van der Waals surface area (Å²) in [6, 6.07) is 6.90. The lowest BCUT2D eigenvalue weighted by Crippen LogP contribution is -2.43. The molecule has 0 radical (unpaired) electrons. The summed E-state index contributed by atoms with van der Waals surface area (Å²) >= 11 is 0. The number of carbonyl (C=O) groups excluding carboxylic acids is 1. The molecule has 2 rings (SSSR count). The number of urea groups is 1. The maximum atomic E-state index is 12.3. The summed E-state index contributed by atoms with van der Waals surface area (Å²) in [6.07, 6.45) is 0.161. The van der Waals surface area contributed by atoms with Crippen LogP contribution < -0.4 is 11.1 Å². The molecule has 1 fully saturated rings. The standard InChI is InChI=1S/C14H22N4O2/c1-17(2)8-12-7-13(19)9-18(12)14(20)16-11-5-3-4-10(15)6-11/h3-6,12-13,19H,7-9,15H2,1-2H3,(H,16,20). The Balaban J connectivity index is 2.03. The van der Waals surface area contributed by atoms with Crippen LogP contribution in [0.4, 0.5) is 16.2 Å². The van der Waals surface area contributed by atoms with Crippen molar-refractivity contribution in [2.75, 3.05) is 38.2 Å². The van der Waals surface area contributed by atoms with Crippen molar-refractivity contribution in [3.8, 4) is 0 Å². The zero-order valence-electron chi connectivity index (χ0n) is 11.9. The van der Waals surface area contributed by atoms with Gasteiger partial charge in [-0.15, -0.1) is 0 Å². The van der Waals surface area contributed by atoms with Crippen molar-refractivity contribution in [1.82, 2.24) is 9.80 Å². The van der Waals surface area contributed by atoms with Crippen LogP contribution in [0.5, 0.6) is 0 Å². The number of aliphatic hydroxyl groups excluding tert-OH is 1. The molecule has 1 aromatic rings. The third-order valence-corrected chi connectivity index (χ3v) is 3.37. The van der Waals surface area contributed by atoms with Crippen molar-refractivity contribution in [2.45, 2.75) is 18.6 Å². The first-order valence-electron chi connectivity index (χ1n) is 6.71. The van der Waals surface area contributed by atoms with Gasteiger partial charge >= 0.3 is 6.03 Å². The molecule has 20 heavy (non-hydrogen) atoms. The average Bonchev–Trinajstić information content (AvgIpc) is 2.69. The van der Waals surface area contributed by atoms with Gasteiger partial charge in [0.05, 0.1) is 6.10 Å². The van der Waals surface area contributed by atoms with E-state index >= 15 is 0 Å². The number of nitrogens with two attached hydrogens (primary N) is 1. The minimum absolute atomic E-state index is 0.0288. The molecule has 2 unspecified atom stereocenters. The number of hydrogen-bond donors (Lipinski definition) is 3. The van der Waals surface area contributed by atoms with Crippen LogP contribution in [-0.4, -0.2) is 60.3 Å². The lowest BCUT2D eigenvalue weighted by molar-refractivity contribution is 0.174. The number of nitrogens with zero attached hydrogens (tertiary/aromatic N) is 2. The number of β-amino-alcohol motifs (C(OH)–C–C–N with tert-alkyl or cyclic N) is 1. The molecule has 0 spiro atoms. The molecule has 2 atom stereocenters. The molecule has 1 aromatic carbocycles. The number of carbonyl (C=O) groups is 1. The minimum atomic E-state index is -0.452. The highest BCUT2D eigenvalue weighted by Crippen LogP contribution is 2.20. The van der Waals surface area contributed by atoms with E-state index in [1.807, 2.05) is 19.0 Å². The first kappa shape index (κ1) is 14.6. The molecule has 1 saturated heterocycles. The van der Waals surface area contributed by atoms with E-state index in [2.05, 4.69) is 5.32 Å². The number of nitrogen functional groups attached to an aromatic ring is 1. The Morgan fingerprint density at radius 3 is 2.95 bits per heavy atom. The lowest BCUT2D eigenvalue weighted by Gasteiger charge is -2.27. The molecule has 1 heterocycles. The van der Waals surface area contributed by atoms with Gasteiger partial charge < -0.3 is 26.0 Å². The number of rotatable bonds is 3. The molecular formula is C14H22N4O2. The van der Waals surface area contributed by atoms with Crippen LogP contribution in [0.25, 0.3) is 0 Å². The number of aliphatic hydroxyl groups is 1. The van der Waals surface area contributed by atoms with Crippen LogP contribution in [0.15, 0.2) is 24.3 Å². The monoisotopic (exact) mass is 278 g/mol. The van der Waals surface area contributed by atoms with Crippen LogP contribution in [0.2, 0.25) is 0 Å². The summed E-state index contributed by atoms with van der Waals surface area (Å²) in [5.74, 6) is 0. The molecule has 1 aliphatic heterocycles. The second-order valence-corrected chi connectivity index (χ2v) is 5.51. The molecule has 2 amide bonds. The average molecular weight is 278 g/mol. The quantitative estimate of drug-likeness (QED) is 0.714. The number of amides is 2. The molecule has 110 valence electrons. The van der Waals surface area contributed by atoms with Gasteiger partial charge in [0.15, 0.2) is 0 Å². The Kier molecular flexibility index (Phi) is 4.46. The predicted octanol–water partition coefficient (Wildman–Crippen LogP) is 0.797. The fourth-order valence-electron chi connectivity index (χ4n) is 2.55. The molecule has 1 aliphatic rings.